The molecule has 1 aliphatic rings. The van der Waals surface area contributed by atoms with E-state index in [-0.39, 0.29) is 0 Å². The molecular weight excluding hydrogens is 258 g/mol. The lowest BCUT2D eigenvalue weighted by Gasteiger charge is -2.20. The summed E-state index contributed by atoms with van der Waals surface area (Å²) in [6.07, 6.45) is 2.22. The Bertz CT molecular complexity index is 471. The van der Waals surface area contributed by atoms with Gasteiger partial charge < -0.3 is 14.6 Å². The van der Waals surface area contributed by atoms with Crippen LogP contribution in [0.1, 0.15) is 26.2 Å². The Hall–Kier alpha value is -1.91. The van der Waals surface area contributed by atoms with E-state index in [0.717, 1.165) is 6.42 Å². The quantitative estimate of drug-likeness (QED) is 0.831. The van der Waals surface area contributed by atoms with Crippen molar-refractivity contribution >= 4 is 11.8 Å². The van der Waals surface area contributed by atoms with Gasteiger partial charge in [0.2, 0.25) is 0 Å². The zero-order valence-corrected chi connectivity index (χ0v) is 12.0. The Kier molecular flexibility index (Phi) is 4.71. The van der Waals surface area contributed by atoms with Crippen LogP contribution in [0.4, 0.5) is 10.5 Å². The summed E-state index contributed by atoms with van der Waals surface area (Å²) in [4.78, 5) is 12.6. The molecule has 5 heteroatoms. The molecule has 0 spiro atoms. The van der Waals surface area contributed by atoms with Crippen LogP contribution in [-0.4, -0.2) is 31.5 Å². The lowest BCUT2D eigenvalue weighted by atomic mass is 10.2. The molecule has 0 bridgehead atoms. The molecule has 0 radical (unpaired) electrons. The second-order valence-corrected chi connectivity index (χ2v) is 5.02. The first-order chi connectivity index (χ1) is 9.65. The first-order valence-corrected chi connectivity index (χ1v) is 6.97. The minimum absolute atomic E-state index is 0.462. The van der Waals surface area contributed by atoms with Crippen molar-refractivity contribution < 1.29 is 19.4 Å². The summed E-state index contributed by atoms with van der Waals surface area (Å²) in [6, 6.07) is 5.24. The number of anilines is 1. The predicted octanol–water partition coefficient (Wildman–Crippen LogP) is 3.38. The number of nitrogens with zero attached hydrogens (tertiary/aromatic N) is 1. The van der Waals surface area contributed by atoms with Gasteiger partial charge in [0.05, 0.1) is 19.4 Å². The van der Waals surface area contributed by atoms with E-state index in [1.54, 1.807) is 25.3 Å². The molecule has 2 rings (SSSR count). The molecule has 0 heterocycles. The minimum atomic E-state index is -0.954. The van der Waals surface area contributed by atoms with E-state index in [1.807, 2.05) is 6.92 Å². The Morgan fingerprint density at radius 1 is 1.40 bits per heavy atom. The zero-order valence-electron chi connectivity index (χ0n) is 12.0. The van der Waals surface area contributed by atoms with E-state index >= 15 is 0 Å². The highest BCUT2D eigenvalue weighted by Gasteiger charge is 2.23. The topological polar surface area (TPSA) is 59.0 Å². The first kappa shape index (κ1) is 14.5. The molecule has 110 valence electrons. The maximum Gasteiger partial charge on any atom is 0.411 e. The van der Waals surface area contributed by atoms with Crippen molar-refractivity contribution in [3.8, 4) is 11.5 Å². The third kappa shape index (κ3) is 3.56. The molecule has 1 aromatic rings. The molecular formula is C15H21NO4. The van der Waals surface area contributed by atoms with Crippen LogP contribution in [0.25, 0.3) is 0 Å². The Morgan fingerprint density at radius 3 is 2.70 bits per heavy atom. The fourth-order valence-corrected chi connectivity index (χ4v) is 2.00. The van der Waals surface area contributed by atoms with Gasteiger partial charge in [-0.1, -0.05) is 6.92 Å². The molecule has 1 aromatic carbocycles. The van der Waals surface area contributed by atoms with Crippen LogP contribution in [0.2, 0.25) is 0 Å². The molecule has 1 aliphatic carbocycles. The normalized spacial score (nSPS) is 13.9. The maximum absolute atomic E-state index is 11.3. The fourth-order valence-electron chi connectivity index (χ4n) is 2.00. The van der Waals surface area contributed by atoms with Crippen molar-refractivity contribution in [3.05, 3.63) is 18.2 Å². The van der Waals surface area contributed by atoms with Crippen molar-refractivity contribution in [1.82, 2.24) is 0 Å². The second kappa shape index (κ2) is 6.50. The van der Waals surface area contributed by atoms with Gasteiger partial charge in [-0.25, -0.2) is 4.79 Å². The van der Waals surface area contributed by atoms with Crippen LogP contribution in [0.3, 0.4) is 0 Å². The SMILES string of the molecule is CCCN(C(=O)O)c1ccc(OC)c(OCC2CC2)c1. The van der Waals surface area contributed by atoms with Crippen LogP contribution in [0.5, 0.6) is 11.5 Å². The summed E-state index contributed by atoms with van der Waals surface area (Å²) < 4.78 is 11.0. The second-order valence-electron chi connectivity index (χ2n) is 5.02. The Morgan fingerprint density at radius 2 is 2.15 bits per heavy atom. The van der Waals surface area contributed by atoms with Crippen LogP contribution in [-0.2, 0) is 0 Å². The number of benzene rings is 1. The van der Waals surface area contributed by atoms with E-state index in [9.17, 15) is 9.90 Å². The van der Waals surface area contributed by atoms with Gasteiger partial charge in [0.1, 0.15) is 0 Å². The van der Waals surface area contributed by atoms with Crippen LogP contribution >= 0.6 is 0 Å². The standard InChI is InChI=1S/C15H21NO4/c1-3-8-16(15(17)18)12-6-7-13(19-2)14(9-12)20-10-11-4-5-11/h6-7,9,11H,3-5,8,10H2,1-2H3,(H,17,18). The number of ether oxygens (including phenoxy) is 2. The molecule has 1 fully saturated rings. The van der Waals surface area contributed by atoms with Crippen LogP contribution in [0.15, 0.2) is 18.2 Å². The largest absolute Gasteiger partial charge is 0.493 e. The van der Waals surface area contributed by atoms with Gasteiger partial charge in [-0.05, 0) is 37.3 Å². The third-order valence-electron chi connectivity index (χ3n) is 3.31. The predicted molar refractivity (Wildman–Crippen MR) is 76.9 cm³/mol. The van der Waals surface area contributed by atoms with Crippen LogP contribution < -0.4 is 14.4 Å². The number of carboxylic acid groups (broad SMARTS) is 1. The highest BCUT2D eigenvalue weighted by Crippen LogP contribution is 2.35. The van der Waals surface area contributed by atoms with Gasteiger partial charge in [-0.2, -0.15) is 0 Å². The molecule has 0 unspecified atom stereocenters. The average molecular weight is 279 g/mol. The number of hydrogen-bond donors (Lipinski definition) is 1. The summed E-state index contributed by atoms with van der Waals surface area (Å²) >= 11 is 0. The monoisotopic (exact) mass is 279 g/mol. The highest BCUT2D eigenvalue weighted by molar-refractivity contribution is 5.86. The number of rotatable bonds is 7. The lowest BCUT2D eigenvalue weighted by Crippen LogP contribution is -2.29. The maximum atomic E-state index is 11.3. The van der Waals surface area contributed by atoms with E-state index in [2.05, 4.69) is 0 Å². The van der Waals surface area contributed by atoms with Crippen molar-refractivity contribution in [3.63, 3.8) is 0 Å². The van der Waals surface area contributed by atoms with Crippen molar-refractivity contribution in [2.24, 2.45) is 5.92 Å². The van der Waals surface area contributed by atoms with Crippen LogP contribution in [0, 0.1) is 5.92 Å². The molecule has 0 aliphatic heterocycles. The molecule has 1 amide bonds. The van der Waals surface area contributed by atoms with Gasteiger partial charge in [0, 0.05) is 12.6 Å². The van der Waals surface area contributed by atoms with E-state index in [0.29, 0.717) is 36.3 Å². The van der Waals surface area contributed by atoms with Gasteiger partial charge in [-0.15, -0.1) is 0 Å². The molecule has 1 N–H and O–H groups in total. The smallest absolute Gasteiger partial charge is 0.411 e. The Balaban J connectivity index is 2.19. The average Bonchev–Trinajstić information content (AvgIpc) is 3.26. The number of carbonyl (C=O) groups is 1. The Labute approximate surface area is 119 Å². The first-order valence-electron chi connectivity index (χ1n) is 6.97. The molecule has 5 nitrogen and oxygen atoms in total. The zero-order chi connectivity index (χ0) is 14.5. The number of methoxy groups -OCH3 is 1. The summed E-state index contributed by atoms with van der Waals surface area (Å²) in [5, 5.41) is 9.26. The minimum Gasteiger partial charge on any atom is -0.493 e. The highest BCUT2D eigenvalue weighted by atomic mass is 16.5. The van der Waals surface area contributed by atoms with Gasteiger partial charge in [-0.3, -0.25) is 4.90 Å². The summed E-state index contributed by atoms with van der Waals surface area (Å²) in [5.41, 5.74) is 0.617. The van der Waals surface area contributed by atoms with Crippen molar-refractivity contribution in [1.29, 1.82) is 0 Å². The third-order valence-corrected chi connectivity index (χ3v) is 3.31. The van der Waals surface area contributed by atoms with Gasteiger partial charge in [0.15, 0.2) is 11.5 Å². The van der Waals surface area contributed by atoms with E-state index in [4.69, 9.17) is 9.47 Å². The van der Waals surface area contributed by atoms with E-state index in [1.165, 1.54) is 17.7 Å². The summed E-state index contributed by atoms with van der Waals surface area (Å²) in [5.74, 6) is 1.88. The van der Waals surface area contributed by atoms with Gasteiger partial charge in [0.25, 0.3) is 0 Å². The van der Waals surface area contributed by atoms with Crippen molar-refractivity contribution in [2.45, 2.75) is 26.2 Å². The molecule has 20 heavy (non-hydrogen) atoms. The number of amides is 1. The van der Waals surface area contributed by atoms with Gasteiger partial charge >= 0.3 is 6.09 Å². The van der Waals surface area contributed by atoms with E-state index < -0.39 is 6.09 Å². The summed E-state index contributed by atoms with van der Waals surface area (Å²) in [6.45, 7) is 3.08. The number of hydrogen-bond acceptors (Lipinski definition) is 3. The summed E-state index contributed by atoms with van der Waals surface area (Å²) in [7, 11) is 1.58. The molecule has 0 atom stereocenters. The lowest BCUT2D eigenvalue weighted by molar-refractivity contribution is 0.201. The molecule has 0 aromatic heterocycles. The molecule has 0 saturated heterocycles. The van der Waals surface area contributed by atoms with Crippen molar-refractivity contribution in [2.75, 3.05) is 25.2 Å². The fraction of sp³-hybridized carbons (Fsp3) is 0.533. The molecule has 1 saturated carbocycles.